The first-order valence-corrected chi connectivity index (χ1v) is 10.1. The van der Waals surface area contributed by atoms with Crippen LogP contribution in [0.1, 0.15) is 10.6 Å². The number of aromatic nitrogens is 3. The molecule has 0 aliphatic carbocycles. The average molecular weight is 480 g/mol. The van der Waals surface area contributed by atoms with E-state index in [0.717, 1.165) is 28.1 Å². The maximum atomic E-state index is 9.67. The molecular formula is C21H13IN4S. The van der Waals surface area contributed by atoms with Gasteiger partial charge < -0.3 is 0 Å². The van der Waals surface area contributed by atoms with E-state index in [0.29, 0.717) is 10.6 Å². The highest BCUT2D eigenvalue weighted by atomic mass is 127. The average Bonchev–Trinajstić information content (AvgIpc) is 3.37. The summed E-state index contributed by atoms with van der Waals surface area (Å²) in [7, 11) is 0. The lowest BCUT2D eigenvalue weighted by Gasteiger charge is -2.00. The van der Waals surface area contributed by atoms with Crippen LogP contribution in [-0.4, -0.2) is 15.2 Å². The fourth-order valence-corrected chi connectivity index (χ4v) is 3.84. The molecule has 2 aromatic heterocycles. The summed E-state index contributed by atoms with van der Waals surface area (Å²) in [6.07, 6.45) is 3.57. The van der Waals surface area contributed by atoms with Crippen molar-refractivity contribution in [1.29, 1.82) is 5.26 Å². The van der Waals surface area contributed by atoms with Gasteiger partial charge in [-0.05, 0) is 40.8 Å². The van der Waals surface area contributed by atoms with Crippen molar-refractivity contribution in [1.82, 2.24) is 15.2 Å². The van der Waals surface area contributed by atoms with Gasteiger partial charge in [0.15, 0.2) is 0 Å². The third kappa shape index (κ3) is 3.84. The molecule has 0 saturated heterocycles. The minimum atomic E-state index is 0.523. The number of nitriles is 1. The summed E-state index contributed by atoms with van der Waals surface area (Å²) in [5, 5.41) is 19.5. The van der Waals surface area contributed by atoms with Gasteiger partial charge in [0.1, 0.15) is 11.1 Å². The second-order valence-corrected chi connectivity index (χ2v) is 7.88. The van der Waals surface area contributed by atoms with E-state index < -0.39 is 0 Å². The topological polar surface area (TPSA) is 65.4 Å². The Morgan fingerprint density at radius 1 is 1.07 bits per heavy atom. The molecule has 0 fully saturated rings. The van der Waals surface area contributed by atoms with Crippen molar-refractivity contribution in [2.75, 3.05) is 0 Å². The normalized spacial score (nSPS) is 11.3. The molecule has 0 radical (unpaired) electrons. The van der Waals surface area contributed by atoms with Gasteiger partial charge in [0.25, 0.3) is 0 Å². The Morgan fingerprint density at radius 3 is 2.59 bits per heavy atom. The predicted octanol–water partition coefficient (Wildman–Crippen LogP) is 5.87. The van der Waals surface area contributed by atoms with Gasteiger partial charge in [0, 0.05) is 25.6 Å². The van der Waals surface area contributed by atoms with Crippen LogP contribution >= 0.6 is 33.9 Å². The first-order chi connectivity index (χ1) is 13.2. The third-order valence-electron chi connectivity index (χ3n) is 4.03. The van der Waals surface area contributed by atoms with E-state index in [1.165, 1.54) is 14.9 Å². The Kier molecular flexibility index (Phi) is 5.14. The smallest absolute Gasteiger partial charge is 0.134 e. The SMILES string of the molecule is N#C/C(=C\c1cn[nH]c1-c1ccccc1)c1nc(-c2ccc(I)cc2)cs1. The standard InChI is InChI=1S/C21H13IN4S/c22-18-8-6-14(7-9-18)19-13-27-21(25-19)16(11-23)10-17-12-24-26-20(17)15-4-2-1-3-5-15/h1-10,12-13H,(H,24,26)/b16-10+. The molecule has 1 N–H and O–H groups in total. The molecule has 0 aliphatic heterocycles. The van der Waals surface area contributed by atoms with Crippen LogP contribution in [0.4, 0.5) is 0 Å². The van der Waals surface area contributed by atoms with Gasteiger partial charge in [-0.25, -0.2) is 4.98 Å². The number of rotatable bonds is 4. The second-order valence-electron chi connectivity index (χ2n) is 5.78. The molecule has 2 aromatic carbocycles. The van der Waals surface area contributed by atoms with Gasteiger partial charge >= 0.3 is 0 Å². The van der Waals surface area contributed by atoms with Gasteiger partial charge in [-0.2, -0.15) is 10.4 Å². The van der Waals surface area contributed by atoms with Crippen LogP contribution in [0.3, 0.4) is 0 Å². The van der Waals surface area contributed by atoms with E-state index in [4.69, 9.17) is 0 Å². The van der Waals surface area contributed by atoms with E-state index in [1.54, 1.807) is 6.20 Å². The van der Waals surface area contributed by atoms with E-state index >= 15 is 0 Å². The molecular weight excluding hydrogens is 467 g/mol. The van der Waals surface area contributed by atoms with Gasteiger partial charge in [0.05, 0.1) is 23.2 Å². The number of nitrogens with zero attached hydrogens (tertiary/aromatic N) is 3. The zero-order chi connectivity index (χ0) is 18.6. The fourth-order valence-electron chi connectivity index (χ4n) is 2.69. The lowest BCUT2D eigenvalue weighted by Crippen LogP contribution is -1.84. The van der Waals surface area contributed by atoms with Crippen LogP contribution in [0.2, 0.25) is 0 Å². The number of halogens is 1. The van der Waals surface area contributed by atoms with Crippen molar-refractivity contribution >= 4 is 45.6 Å². The highest BCUT2D eigenvalue weighted by Crippen LogP contribution is 2.29. The molecule has 4 rings (SSSR count). The molecule has 0 bridgehead atoms. The summed E-state index contributed by atoms with van der Waals surface area (Å²) in [5.74, 6) is 0. The van der Waals surface area contributed by atoms with Crippen LogP contribution in [0, 0.1) is 14.9 Å². The molecule has 0 amide bonds. The highest BCUT2D eigenvalue weighted by molar-refractivity contribution is 14.1. The molecule has 0 unspecified atom stereocenters. The number of hydrogen-bond acceptors (Lipinski definition) is 4. The van der Waals surface area contributed by atoms with E-state index in [9.17, 15) is 5.26 Å². The third-order valence-corrected chi connectivity index (χ3v) is 5.62. The zero-order valence-corrected chi connectivity index (χ0v) is 17.0. The molecule has 130 valence electrons. The Labute approximate surface area is 174 Å². The van der Waals surface area contributed by atoms with Crippen molar-refractivity contribution in [2.24, 2.45) is 0 Å². The van der Waals surface area contributed by atoms with Crippen LogP contribution < -0.4 is 0 Å². The molecule has 4 nitrogen and oxygen atoms in total. The van der Waals surface area contributed by atoms with Crippen LogP contribution in [0.25, 0.3) is 34.2 Å². The first kappa shape index (κ1) is 17.6. The summed E-state index contributed by atoms with van der Waals surface area (Å²) in [5.41, 5.74) is 5.22. The quantitative estimate of drug-likeness (QED) is 0.294. The molecule has 0 aliphatic rings. The highest BCUT2D eigenvalue weighted by Gasteiger charge is 2.12. The molecule has 2 heterocycles. The number of H-pyrrole nitrogens is 1. The van der Waals surface area contributed by atoms with Crippen molar-refractivity contribution in [3.63, 3.8) is 0 Å². The Morgan fingerprint density at radius 2 is 1.85 bits per heavy atom. The van der Waals surface area contributed by atoms with E-state index in [1.807, 2.05) is 66.1 Å². The fraction of sp³-hybridized carbons (Fsp3) is 0. The van der Waals surface area contributed by atoms with Gasteiger partial charge in [0.2, 0.25) is 0 Å². The largest absolute Gasteiger partial charge is 0.277 e. The van der Waals surface area contributed by atoms with Gasteiger partial charge in [-0.1, -0.05) is 42.5 Å². The lowest BCUT2D eigenvalue weighted by atomic mass is 10.1. The number of hydrogen-bond donors (Lipinski definition) is 1. The minimum absolute atomic E-state index is 0.523. The van der Waals surface area contributed by atoms with Gasteiger partial charge in [-0.15, -0.1) is 11.3 Å². The summed E-state index contributed by atoms with van der Waals surface area (Å²) in [6.45, 7) is 0. The van der Waals surface area contributed by atoms with Crippen molar-refractivity contribution in [3.8, 4) is 28.6 Å². The zero-order valence-electron chi connectivity index (χ0n) is 14.1. The monoisotopic (exact) mass is 480 g/mol. The van der Waals surface area contributed by atoms with Crippen LogP contribution in [-0.2, 0) is 0 Å². The van der Waals surface area contributed by atoms with E-state index in [-0.39, 0.29) is 0 Å². The molecule has 0 spiro atoms. The Balaban J connectivity index is 1.69. The second kappa shape index (κ2) is 7.86. The molecule has 27 heavy (non-hydrogen) atoms. The van der Waals surface area contributed by atoms with Gasteiger partial charge in [-0.3, -0.25) is 5.10 Å². The van der Waals surface area contributed by atoms with Crippen molar-refractivity contribution in [3.05, 3.63) is 80.3 Å². The summed E-state index contributed by atoms with van der Waals surface area (Å²) >= 11 is 3.75. The maximum Gasteiger partial charge on any atom is 0.134 e. The number of nitrogens with one attached hydrogen (secondary N) is 1. The number of benzene rings is 2. The number of aromatic amines is 1. The van der Waals surface area contributed by atoms with Crippen LogP contribution in [0.15, 0.2) is 66.2 Å². The number of allylic oxidation sites excluding steroid dienone is 1. The molecule has 6 heteroatoms. The Bertz CT molecular complexity index is 1130. The summed E-state index contributed by atoms with van der Waals surface area (Å²) in [6, 6.07) is 20.4. The van der Waals surface area contributed by atoms with Crippen molar-refractivity contribution < 1.29 is 0 Å². The molecule has 0 saturated carbocycles. The molecule has 4 aromatic rings. The summed E-state index contributed by atoms with van der Waals surface area (Å²) in [4.78, 5) is 4.66. The minimum Gasteiger partial charge on any atom is -0.277 e. The van der Waals surface area contributed by atoms with E-state index in [2.05, 4.69) is 43.8 Å². The lowest BCUT2D eigenvalue weighted by molar-refractivity contribution is 1.10. The Hall–Kier alpha value is -2.76. The van der Waals surface area contributed by atoms with Crippen LogP contribution in [0.5, 0.6) is 0 Å². The predicted molar refractivity (Wildman–Crippen MR) is 118 cm³/mol. The first-order valence-electron chi connectivity index (χ1n) is 8.17. The van der Waals surface area contributed by atoms with Crippen molar-refractivity contribution in [2.45, 2.75) is 0 Å². The number of thiazole rings is 1. The maximum absolute atomic E-state index is 9.67. The molecule has 0 atom stereocenters. The summed E-state index contributed by atoms with van der Waals surface area (Å²) < 4.78 is 1.18.